The van der Waals surface area contributed by atoms with Gasteiger partial charge in [-0.1, -0.05) is 39.3 Å². The quantitative estimate of drug-likeness (QED) is 0.543. The molecule has 1 unspecified atom stereocenters. The van der Waals surface area contributed by atoms with Gasteiger partial charge in [0, 0.05) is 18.6 Å². The summed E-state index contributed by atoms with van der Waals surface area (Å²) in [5.74, 6) is 0.966. The van der Waals surface area contributed by atoms with Crippen LogP contribution < -0.4 is 0 Å². The molecule has 1 atom stereocenters. The van der Waals surface area contributed by atoms with Crippen molar-refractivity contribution in [2.45, 2.75) is 33.6 Å². The zero-order valence-corrected chi connectivity index (χ0v) is 10.8. The normalized spacial score (nSPS) is 20.1. The second kappa shape index (κ2) is 6.43. The Morgan fingerprint density at radius 1 is 1.56 bits per heavy atom. The fourth-order valence-corrected chi connectivity index (χ4v) is 1.43. The lowest BCUT2D eigenvalue weighted by Gasteiger charge is -2.00. The number of hydrogen-bond donors (Lipinski definition) is 1. The summed E-state index contributed by atoms with van der Waals surface area (Å²) in [6, 6.07) is 0. The Morgan fingerprint density at radius 2 is 2.25 bits per heavy atom. The minimum atomic E-state index is 0.354. The molecule has 2 rings (SSSR count). The molecule has 0 spiro atoms. The van der Waals surface area contributed by atoms with Gasteiger partial charge in [0.15, 0.2) is 0 Å². The molecule has 88 valence electrons. The highest BCUT2D eigenvalue weighted by Gasteiger charge is 2.07. The number of nitrogens with one attached hydrogen (secondary N) is 1. The SMILES string of the molecule is CC1C=CCc2[nH]c(=S)oc2/N=C\1.CCC. The average molecular weight is 238 g/mol. The average Bonchev–Trinajstić information content (AvgIpc) is 2.54. The molecule has 16 heavy (non-hydrogen) atoms. The Hall–Kier alpha value is -1.16. The van der Waals surface area contributed by atoms with E-state index >= 15 is 0 Å². The van der Waals surface area contributed by atoms with Gasteiger partial charge in [0.25, 0.3) is 4.84 Å². The third kappa shape index (κ3) is 3.77. The van der Waals surface area contributed by atoms with E-state index in [1.54, 1.807) is 0 Å². The zero-order chi connectivity index (χ0) is 12.0. The van der Waals surface area contributed by atoms with Crippen LogP contribution in [0.4, 0.5) is 5.88 Å². The van der Waals surface area contributed by atoms with Crippen molar-refractivity contribution < 1.29 is 4.42 Å². The number of hydrogen-bond acceptors (Lipinski definition) is 3. The molecular weight excluding hydrogens is 220 g/mol. The number of aliphatic imine (C=N–C) groups is 1. The van der Waals surface area contributed by atoms with Gasteiger partial charge in [0.1, 0.15) is 0 Å². The van der Waals surface area contributed by atoms with E-state index in [2.05, 4.69) is 42.9 Å². The van der Waals surface area contributed by atoms with Crippen molar-refractivity contribution in [2.24, 2.45) is 10.9 Å². The fraction of sp³-hybridized carbons (Fsp3) is 0.500. The smallest absolute Gasteiger partial charge is 0.268 e. The molecule has 2 heterocycles. The van der Waals surface area contributed by atoms with Crippen LogP contribution in [0.3, 0.4) is 0 Å². The number of fused-ring (bicyclic) bond motifs is 1. The van der Waals surface area contributed by atoms with Gasteiger partial charge in [-0.15, -0.1) is 0 Å². The molecule has 1 N–H and O–H groups in total. The largest absolute Gasteiger partial charge is 0.411 e. The summed E-state index contributed by atoms with van der Waals surface area (Å²) >= 11 is 4.88. The van der Waals surface area contributed by atoms with E-state index in [4.69, 9.17) is 16.6 Å². The van der Waals surface area contributed by atoms with E-state index in [-0.39, 0.29) is 0 Å². The first kappa shape index (κ1) is 12.9. The van der Waals surface area contributed by atoms with Gasteiger partial charge in [-0.2, -0.15) is 0 Å². The van der Waals surface area contributed by atoms with E-state index in [0.29, 0.717) is 16.6 Å². The van der Waals surface area contributed by atoms with Crippen LogP contribution in [-0.2, 0) is 6.42 Å². The highest BCUT2D eigenvalue weighted by Crippen LogP contribution is 2.21. The molecule has 3 nitrogen and oxygen atoms in total. The molecule has 1 aliphatic heterocycles. The van der Waals surface area contributed by atoms with E-state index in [1.807, 2.05) is 6.21 Å². The molecule has 0 fully saturated rings. The summed E-state index contributed by atoms with van der Waals surface area (Å²) < 4.78 is 5.22. The van der Waals surface area contributed by atoms with Crippen LogP contribution >= 0.6 is 12.2 Å². The third-order valence-corrected chi connectivity index (χ3v) is 2.07. The molecule has 1 aromatic heterocycles. The molecular formula is C12H18N2OS. The molecule has 0 bridgehead atoms. The van der Waals surface area contributed by atoms with Crippen LogP contribution in [0.2, 0.25) is 0 Å². The lowest BCUT2D eigenvalue weighted by Crippen LogP contribution is -1.93. The second-order valence-electron chi connectivity index (χ2n) is 3.77. The molecule has 0 aliphatic carbocycles. The number of rotatable bonds is 0. The summed E-state index contributed by atoms with van der Waals surface area (Å²) in [7, 11) is 0. The van der Waals surface area contributed by atoms with Crippen LogP contribution in [-0.4, -0.2) is 11.2 Å². The lowest BCUT2D eigenvalue weighted by atomic mass is 10.1. The van der Waals surface area contributed by atoms with Crippen LogP contribution in [0.15, 0.2) is 21.6 Å². The highest BCUT2D eigenvalue weighted by atomic mass is 32.1. The molecule has 0 saturated heterocycles. The number of oxazole rings is 1. The van der Waals surface area contributed by atoms with Gasteiger partial charge in [0.05, 0.1) is 5.69 Å². The first-order valence-electron chi connectivity index (χ1n) is 5.60. The molecule has 0 radical (unpaired) electrons. The number of allylic oxidation sites excluding steroid dienone is 2. The zero-order valence-electron chi connectivity index (χ0n) is 9.99. The molecule has 0 aromatic carbocycles. The number of aromatic nitrogens is 1. The predicted octanol–water partition coefficient (Wildman–Crippen LogP) is 4.20. The minimum Gasteiger partial charge on any atom is -0.411 e. The Bertz CT molecular complexity index is 428. The van der Waals surface area contributed by atoms with Gasteiger partial charge >= 0.3 is 0 Å². The van der Waals surface area contributed by atoms with Crippen molar-refractivity contribution in [3.8, 4) is 0 Å². The first-order valence-corrected chi connectivity index (χ1v) is 6.01. The van der Waals surface area contributed by atoms with E-state index < -0.39 is 0 Å². The van der Waals surface area contributed by atoms with Gasteiger partial charge < -0.3 is 9.40 Å². The molecule has 0 amide bonds. The third-order valence-electron chi connectivity index (χ3n) is 1.89. The summed E-state index contributed by atoms with van der Waals surface area (Å²) in [6.45, 7) is 6.33. The highest BCUT2D eigenvalue weighted by molar-refractivity contribution is 7.71. The second-order valence-corrected chi connectivity index (χ2v) is 4.15. The number of aromatic amines is 1. The van der Waals surface area contributed by atoms with Gasteiger partial charge in [-0.05, 0) is 12.2 Å². The maximum atomic E-state index is 5.22. The molecule has 4 heteroatoms. The monoisotopic (exact) mass is 238 g/mol. The maximum absolute atomic E-state index is 5.22. The Kier molecular flexibility index (Phi) is 5.19. The maximum Gasteiger partial charge on any atom is 0.268 e. The fourth-order valence-electron chi connectivity index (χ4n) is 1.23. The summed E-state index contributed by atoms with van der Waals surface area (Å²) in [5, 5.41) is 0. The van der Waals surface area contributed by atoms with Crippen LogP contribution in [0.25, 0.3) is 0 Å². The number of H-pyrrole nitrogens is 1. The first-order chi connectivity index (χ1) is 7.67. The van der Waals surface area contributed by atoms with E-state index in [9.17, 15) is 0 Å². The standard InChI is InChI=1S/C9H10N2OS.C3H8/c1-6-3-2-4-7-8(10-5-6)12-9(13)11-7;1-3-2/h2-3,5-6H,4H2,1H3,(H,11,13);3H2,1-2H3/b3-2?,10-5-;. The van der Waals surface area contributed by atoms with Crippen molar-refractivity contribution in [3.05, 3.63) is 22.7 Å². The Morgan fingerprint density at radius 3 is 2.94 bits per heavy atom. The van der Waals surface area contributed by atoms with Gasteiger partial charge in [-0.3, -0.25) is 0 Å². The molecule has 1 aromatic rings. The Labute approximate surface area is 101 Å². The summed E-state index contributed by atoms with van der Waals surface area (Å²) in [5.41, 5.74) is 0.949. The summed E-state index contributed by atoms with van der Waals surface area (Å²) in [4.78, 5) is 7.56. The van der Waals surface area contributed by atoms with Gasteiger partial charge in [-0.25, -0.2) is 4.99 Å². The lowest BCUT2D eigenvalue weighted by molar-refractivity contribution is 0.550. The van der Waals surface area contributed by atoms with Gasteiger partial charge in [0.2, 0.25) is 5.88 Å². The Balaban J connectivity index is 0.000000386. The van der Waals surface area contributed by atoms with Crippen molar-refractivity contribution in [1.29, 1.82) is 0 Å². The van der Waals surface area contributed by atoms with Crippen LogP contribution in [0.1, 0.15) is 32.9 Å². The van der Waals surface area contributed by atoms with E-state index in [0.717, 1.165) is 12.1 Å². The van der Waals surface area contributed by atoms with Crippen molar-refractivity contribution in [1.82, 2.24) is 4.98 Å². The molecule has 1 aliphatic rings. The minimum absolute atomic E-state index is 0.354. The van der Waals surface area contributed by atoms with Crippen molar-refractivity contribution >= 4 is 24.3 Å². The van der Waals surface area contributed by atoms with Crippen LogP contribution in [0.5, 0.6) is 0 Å². The molecule has 0 saturated carbocycles. The van der Waals surface area contributed by atoms with Crippen molar-refractivity contribution in [3.63, 3.8) is 0 Å². The summed E-state index contributed by atoms with van der Waals surface area (Å²) in [6.07, 6.45) is 8.10. The predicted molar refractivity (Wildman–Crippen MR) is 70.0 cm³/mol. The van der Waals surface area contributed by atoms with Crippen molar-refractivity contribution in [2.75, 3.05) is 0 Å². The van der Waals surface area contributed by atoms with Crippen LogP contribution in [0, 0.1) is 10.8 Å². The topological polar surface area (TPSA) is 41.3 Å². The number of nitrogens with zero attached hydrogens (tertiary/aromatic N) is 1. The van der Waals surface area contributed by atoms with E-state index in [1.165, 1.54) is 6.42 Å².